The summed E-state index contributed by atoms with van der Waals surface area (Å²) in [4.78, 5) is 17.5. The van der Waals surface area contributed by atoms with Crippen LogP contribution in [0.5, 0.6) is 0 Å². The number of likely N-dealkylation sites (N-methyl/N-ethyl adjacent to an activating group) is 1. The Labute approximate surface area is 208 Å². The number of rotatable bonds is 10. The Morgan fingerprint density at radius 3 is 2.53 bits per heavy atom. The zero-order valence-corrected chi connectivity index (χ0v) is 21.2. The maximum absolute atomic E-state index is 12.7. The lowest BCUT2D eigenvalue weighted by molar-refractivity contribution is -0.126. The van der Waals surface area contributed by atoms with Gasteiger partial charge in [0.05, 0.1) is 0 Å². The van der Waals surface area contributed by atoms with E-state index in [-0.39, 0.29) is 11.8 Å². The normalized spacial score (nSPS) is 15.3. The number of carbonyl (C=O) groups excluding carboxylic acids is 1. The summed E-state index contributed by atoms with van der Waals surface area (Å²) in [6.07, 6.45) is 1.84. The van der Waals surface area contributed by atoms with E-state index in [1.165, 1.54) is 22.2 Å². The molecule has 0 aliphatic carbocycles. The van der Waals surface area contributed by atoms with Gasteiger partial charge in [0.25, 0.3) is 0 Å². The van der Waals surface area contributed by atoms with E-state index in [1.807, 2.05) is 18.2 Å². The molecule has 0 unspecified atom stereocenters. The molecule has 2 heterocycles. The average Bonchev–Trinajstić information content (AvgIpc) is 3.19. The number of hydrogen-bond acceptors (Lipinski definition) is 3. The fourth-order valence-corrected chi connectivity index (χ4v) is 5.22. The highest BCUT2D eigenvalue weighted by molar-refractivity contribution is 6.30. The topological polar surface area (TPSA) is 40.5 Å². The van der Waals surface area contributed by atoms with Crippen molar-refractivity contribution in [3.8, 4) is 0 Å². The highest BCUT2D eigenvalue weighted by atomic mass is 35.5. The first-order valence-corrected chi connectivity index (χ1v) is 13.0. The molecule has 34 heavy (non-hydrogen) atoms. The molecule has 0 saturated carbocycles. The standard InChI is InChI=1S/C28H37ClN4O/c1-3-31(4-2)17-14-30-28(34)23-12-15-32(16-13-23)21-26-19-24-9-5-6-11-27(24)33(26)20-22-8-7-10-25(29)18-22/h5-11,18-19,23H,3-4,12-17,20-21H2,1-2H3,(H,30,34). The highest BCUT2D eigenvalue weighted by Gasteiger charge is 2.25. The van der Waals surface area contributed by atoms with E-state index in [9.17, 15) is 4.79 Å². The SMILES string of the molecule is CCN(CC)CCNC(=O)C1CCN(Cc2cc3ccccc3n2Cc2cccc(Cl)c2)CC1. The molecule has 1 aromatic heterocycles. The number of benzene rings is 2. The summed E-state index contributed by atoms with van der Waals surface area (Å²) >= 11 is 6.25. The van der Waals surface area contributed by atoms with Gasteiger partial charge in [-0.25, -0.2) is 0 Å². The first-order chi connectivity index (χ1) is 16.6. The third-order valence-corrected chi connectivity index (χ3v) is 7.33. The number of aromatic nitrogens is 1. The van der Waals surface area contributed by atoms with E-state index in [4.69, 9.17) is 11.6 Å². The predicted octanol–water partition coefficient (Wildman–Crippen LogP) is 5.01. The second-order valence-electron chi connectivity index (χ2n) is 9.28. The first kappa shape index (κ1) is 24.8. The summed E-state index contributed by atoms with van der Waals surface area (Å²) in [5.74, 6) is 0.354. The fraction of sp³-hybridized carbons (Fsp3) is 0.464. The summed E-state index contributed by atoms with van der Waals surface area (Å²) in [6, 6.07) is 19.0. The molecule has 1 aliphatic heterocycles. The number of fused-ring (bicyclic) bond motifs is 1. The zero-order valence-electron chi connectivity index (χ0n) is 20.5. The lowest BCUT2D eigenvalue weighted by Gasteiger charge is -2.31. The third-order valence-electron chi connectivity index (χ3n) is 7.09. The van der Waals surface area contributed by atoms with Crippen molar-refractivity contribution in [1.82, 2.24) is 19.7 Å². The van der Waals surface area contributed by atoms with Crippen LogP contribution in [0.25, 0.3) is 10.9 Å². The van der Waals surface area contributed by atoms with E-state index < -0.39 is 0 Å². The molecule has 0 radical (unpaired) electrons. The van der Waals surface area contributed by atoms with Crippen molar-refractivity contribution in [3.05, 3.63) is 70.9 Å². The molecular formula is C28H37ClN4O. The van der Waals surface area contributed by atoms with Crippen molar-refractivity contribution in [2.45, 2.75) is 39.8 Å². The predicted molar refractivity (Wildman–Crippen MR) is 141 cm³/mol. The summed E-state index contributed by atoms with van der Waals surface area (Å²) in [5, 5.41) is 5.20. The number of halogens is 1. The van der Waals surface area contributed by atoms with Gasteiger partial charge >= 0.3 is 0 Å². The van der Waals surface area contributed by atoms with Gasteiger partial charge in [0.2, 0.25) is 5.91 Å². The molecule has 6 heteroatoms. The van der Waals surface area contributed by atoms with Gasteiger partial charge in [-0.2, -0.15) is 0 Å². The Bertz CT molecular complexity index is 1080. The van der Waals surface area contributed by atoms with Gasteiger partial charge < -0.3 is 14.8 Å². The minimum atomic E-state index is 0.130. The van der Waals surface area contributed by atoms with Gasteiger partial charge in [-0.15, -0.1) is 0 Å². The molecule has 1 aliphatic rings. The summed E-state index contributed by atoms with van der Waals surface area (Å²) in [5.41, 5.74) is 3.76. The van der Waals surface area contributed by atoms with Gasteiger partial charge in [-0.1, -0.05) is 55.8 Å². The van der Waals surface area contributed by atoms with Crippen LogP contribution in [0.2, 0.25) is 5.02 Å². The summed E-state index contributed by atoms with van der Waals surface area (Å²) in [7, 11) is 0. The van der Waals surface area contributed by atoms with Gasteiger partial charge in [0.15, 0.2) is 0 Å². The van der Waals surface area contributed by atoms with E-state index in [2.05, 4.69) is 69.9 Å². The van der Waals surface area contributed by atoms with Crippen molar-refractivity contribution in [3.63, 3.8) is 0 Å². The third kappa shape index (κ3) is 6.21. The number of amides is 1. The van der Waals surface area contributed by atoms with Crippen molar-refractivity contribution in [2.75, 3.05) is 39.3 Å². The van der Waals surface area contributed by atoms with E-state index in [1.54, 1.807) is 0 Å². The van der Waals surface area contributed by atoms with Gasteiger partial charge in [0, 0.05) is 48.3 Å². The number of hydrogen-bond donors (Lipinski definition) is 1. The Balaban J connectivity index is 1.37. The Morgan fingerprint density at radius 2 is 1.79 bits per heavy atom. The minimum Gasteiger partial charge on any atom is -0.355 e. The van der Waals surface area contributed by atoms with Gasteiger partial charge in [-0.05, 0) is 74.2 Å². The number of para-hydroxylation sites is 1. The smallest absolute Gasteiger partial charge is 0.223 e. The fourth-order valence-electron chi connectivity index (χ4n) is 5.01. The molecule has 1 amide bonds. The Hall–Kier alpha value is -2.34. The summed E-state index contributed by atoms with van der Waals surface area (Å²) in [6.45, 7) is 11.6. The molecule has 1 saturated heterocycles. The van der Waals surface area contributed by atoms with Crippen LogP contribution in [0.4, 0.5) is 0 Å². The number of nitrogens with one attached hydrogen (secondary N) is 1. The van der Waals surface area contributed by atoms with Crippen molar-refractivity contribution < 1.29 is 4.79 Å². The molecule has 1 N–H and O–H groups in total. The number of nitrogens with zero attached hydrogens (tertiary/aromatic N) is 3. The van der Waals surface area contributed by atoms with E-state index in [0.717, 1.165) is 70.2 Å². The maximum atomic E-state index is 12.7. The van der Waals surface area contributed by atoms with Crippen molar-refractivity contribution in [2.24, 2.45) is 5.92 Å². The second kappa shape index (κ2) is 11.9. The van der Waals surface area contributed by atoms with Crippen LogP contribution in [-0.4, -0.2) is 59.5 Å². The molecule has 2 aromatic carbocycles. The van der Waals surface area contributed by atoms with Crippen LogP contribution >= 0.6 is 11.6 Å². The van der Waals surface area contributed by atoms with Crippen LogP contribution in [-0.2, 0) is 17.9 Å². The maximum Gasteiger partial charge on any atom is 0.223 e. The number of carbonyl (C=O) groups is 1. The zero-order chi connectivity index (χ0) is 23.9. The molecule has 0 bridgehead atoms. The molecule has 1 fully saturated rings. The van der Waals surface area contributed by atoms with Crippen LogP contribution < -0.4 is 5.32 Å². The Kier molecular flexibility index (Phi) is 8.65. The summed E-state index contributed by atoms with van der Waals surface area (Å²) < 4.78 is 2.41. The highest BCUT2D eigenvalue weighted by Crippen LogP contribution is 2.25. The second-order valence-corrected chi connectivity index (χ2v) is 9.72. The monoisotopic (exact) mass is 480 g/mol. The molecule has 0 atom stereocenters. The van der Waals surface area contributed by atoms with Crippen LogP contribution in [0.3, 0.4) is 0 Å². The van der Waals surface area contributed by atoms with Crippen LogP contribution in [0.15, 0.2) is 54.6 Å². The quantitative estimate of drug-likeness (QED) is 0.443. The van der Waals surface area contributed by atoms with Gasteiger partial charge in [-0.3, -0.25) is 9.69 Å². The minimum absolute atomic E-state index is 0.130. The van der Waals surface area contributed by atoms with Crippen LogP contribution in [0, 0.1) is 5.92 Å². The molecule has 0 spiro atoms. The van der Waals surface area contributed by atoms with E-state index in [0.29, 0.717) is 0 Å². The van der Waals surface area contributed by atoms with Crippen LogP contribution in [0.1, 0.15) is 37.9 Å². The largest absolute Gasteiger partial charge is 0.355 e. The first-order valence-electron chi connectivity index (χ1n) is 12.6. The molecular weight excluding hydrogens is 444 g/mol. The lowest BCUT2D eigenvalue weighted by Crippen LogP contribution is -2.42. The average molecular weight is 481 g/mol. The lowest BCUT2D eigenvalue weighted by atomic mass is 9.96. The van der Waals surface area contributed by atoms with E-state index >= 15 is 0 Å². The number of likely N-dealkylation sites (tertiary alicyclic amines) is 1. The van der Waals surface area contributed by atoms with Crippen molar-refractivity contribution >= 4 is 28.4 Å². The van der Waals surface area contributed by atoms with Crippen molar-refractivity contribution in [1.29, 1.82) is 0 Å². The number of piperidine rings is 1. The van der Waals surface area contributed by atoms with Gasteiger partial charge in [0.1, 0.15) is 0 Å². The molecule has 182 valence electrons. The molecule has 5 nitrogen and oxygen atoms in total. The molecule has 3 aromatic rings. The Morgan fingerprint density at radius 1 is 1.03 bits per heavy atom. The molecule has 4 rings (SSSR count).